The SMILES string of the molecule is CSNCCCC1CN(C=O)CCO1. The van der Waals surface area contributed by atoms with Gasteiger partial charge in [0.1, 0.15) is 0 Å². The Balaban J connectivity index is 2.08. The lowest BCUT2D eigenvalue weighted by molar-refractivity contribution is -0.125. The second-order valence-corrected chi connectivity index (χ2v) is 4.03. The number of amides is 1. The van der Waals surface area contributed by atoms with Crippen LogP contribution in [0.4, 0.5) is 0 Å². The quantitative estimate of drug-likeness (QED) is 0.400. The topological polar surface area (TPSA) is 41.6 Å². The maximum atomic E-state index is 10.5. The minimum atomic E-state index is 0.234. The smallest absolute Gasteiger partial charge is 0.209 e. The molecule has 1 atom stereocenters. The van der Waals surface area contributed by atoms with Crippen LogP contribution in [0.5, 0.6) is 0 Å². The van der Waals surface area contributed by atoms with E-state index in [9.17, 15) is 4.79 Å². The number of hydrogen-bond donors (Lipinski definition) is 1. The first-order valence-electron chi connectivity index (χ1n) is 4.93. The van der Waals surface area contributed by atoms with E-state index >= 15 is 0 Å². The van der Waals surface area contributed by atoms with Gasteiger partial charge in [0, 0.05) is 19.6 Å². The number of ether oxygens (including phenoxy) is 1. The van der Waals surface area contributed by atoms with E-state index in [0.717, 1.165) is 38.9 Å². The Hall–Kier alpha value is -0.260. The average Bonchev–Trinajstić information content (AvgIpc) is 2.25. The Morgan fingerprint density at radius 2 is 2.57 bits per heavy atom. The summed E-state index contributed by atoms with van der Waals surface area (Å²) in [5.74, 6) is 0. The Kier molecular flexibility index (Phi) is 5.98. The molecular weight excluding hydrogens is 200 g/mol. The highest BCUT2D eigenvalue weighted by Gasteiger charge is 2.18. The maximum Gasteiger partial charge on any atom is 0.209 e. The molecule has 14 heavy (non-hydrogen) atoms. The molecule has 1 rings (SSSR count). The van der Waals surface area contributed by atoms with Gasteiger partial charge in [-0.2, -0.15) is 0 Å². The monoisotopic (exact) mass is 218 g/mol. The summed E-state index contributed by atoms with van der Waals surface area (Å²) >= 11 is 1.64. The fourth-order valence-electron chi connectivity index (χ4n) is 1.52. The largest absolute Gasteiger partial charge is 0.375 e. The van der Waals surface area contributed by atoms with Crippen LogP contribution < -0.4 is 4.72 Å². The minimum Gasteiger partial charge on any atom is -0.375 e. The molecule has 1 unspecified atom stereocenters. The third-order valence-corrected chi connectivity index (χ3v) is 2.76. The third kappa shape index (κ3) is 4.30. The zero-order valence-corrected chi connectivity index (χ0v) is 9.39. The van der Waals surface area contributed by atoms with Gasteiger partial charge < -0.3 is 9.64 Å². The van der Waals surface area contributed by atoms with Crippen molar-refractivity contribution in [1.29, 1.82) is 0 Å². The summed E-state index contributed by atoms with van der Waals surface area (Å²) in [6, 6.07) is 0. The van der Waals surface area contributed by atoms with Crippen molar-refractivity contribution in [3.8, 4) is 0 Å². The first-order chi connectivity index (χ1) is 6.86. The van der Waals surface area contributed by atoms with Crippen LogP contribution in [0.3, 0.4) is 0 Å². The highest BCUT2D eigenvalue weighted by atomic mass is 32.2. The van der Waals surface area contributed by atoms with E-state index in [-0.39, 0.29) is 6.10 Å². The molecule has 0 aromatic rings. The van der Waals surface area contributed by atoms with Gasteiger partial charge in [-0.1, -0.05) is 11.9 Å². The molecule has 1 N–H and O–H groups in total. The number of hydrogen-bond acceptors (Lipinski definition) is 4. The average molecular weight is 218 g/mol. The lowest BCUT2D eigenvalue weighted by atomic mass is 10.1. The number of nitrogens with zero attached hydrogens (tertiary/aromatic N) is 1. The van der Waals surface area contributed by atoms with Crippen molar-refractivity contribution in [1.82, 2.24) is 9.62 Å². The van der Waals surface area contributed by atoms with Crippen LogP contribution in [0.25, 0.3) is 0 Å². The van der Waals surface area contributed by atoms with Crippen LogP contribution in [0.2, 0.25) is 0 Å². The number of morpholine rings is 1. The standard InChI is InChI=1S/C9H18N2O2S/c1-14-10-4-2-3-9-7-11(8-12)5-6-13-9/h8-10H,2-7H2,1H3. The Labute approximate surface area is 89.5 Å². The first-order valence-corrected chi connectivity index (χ1v) is 6.16. The number of carbonyl (C=O) groups is 1. The van der Waals surface area contributed by atoms with Crippen molar-refractivity contribution < 1.29 is 9.53 Å². The van der Waals surface area contributed by atoms with Crippen molar-refractivity contribution in [2.45, 2.75) is 18.9 Å². The van der Waals surface area contributed by atoms with Crippen LogP contribution >= 0.6 is 11.9 Å². The van der Waals surface area contributed by atoms with E-state index in [1.165, 1.54) is 0 Å². The summed E-state index contributed by atoms with van der Waals surface area (Å²) in [7, 11) is 0. The summed E-state index contributed by atoms with van der Waals surface area (Å²) < 4.78 is 8.75. The first kappa shape index (κ1) is 11.8. The highest BCUT2D eigenvalue weighted by molar-refractivity contribution is 7.96. The van der Waals surface area contributed by atoms with Crippen LogP contribution in [0.15, 0.2) is 0 Å². The van der Waals surface area contributed by atoms with Gasteiger partial charge in [0.15, 0.2) is 0 Å². The van der Waals surface area contributed by atoms with Gasteiger partial charge in [-0.05, 0) is 19.1 Å². The van der Waals surface area contributed by atoms with Gasteiger partial charge in [-0.15, -0.1) is 0 Å². The fraction of sp³-hybridized carbons (Fsp3) is 0.889. The van der Waals surface area contributed by atoms with Crippen LogP contribution in [0, 0.1) is 0 Å². The van der Waals surface area contributed by atoms with Gasteiger partial charge in [-0.25, -0.2) is 0 Å². The molecule has 0 radical (unpaired) electrons. The molecule has 1 fully saturated rings. The molecular formula is C9H18N2O2S. The van der Waals surface area contributed by atoms with E-state index < -0.39 is 0 Å². The third-order valence-electron chi connectivity index (χ3n) is 2.27. The maximum absolute atomic E-state index is 10.5. The van der Waals surface area contributed by atoms with E-state index in [1.807, 2.05) is 6.26 Å². The van der Waals surface area contributed by atoms with Gasteiger partial charge in [-0.3, -0.25) is 9.52 Å². The van der Waals surface area contributed by atoms with Crippen molar-refractivity contribution in [3.63, 3.8) is 0 Å². The summed E-state index contributed by atoms with van der Waals surface area (Å²) in [5.41, 5.74) is 0. The van der Waals surface area contributed by atoms with Crippen molar-refractivity contribution in [3.05, 3.63) is 0 Å². The number of nitrogens with one attached hydrogen (secondary N) is 1. The van der Waals surface area contributed by atoms with Gasteiger partial charge >= 0.3 is 0 Å². The Bertz CT molecular complexity index is 169. The van der Waals surface area contributed by atoms with E-state index in [4.69, 9.17) is 4.74 Å². The zero-order chi connectivity index (χ0) is 10.2. The lowest BCUT2D eigenvalue weighted by Gasteiger charge is -2.30. The van der Waals surface area contributed by atoms with Crippen molar-refractivity contribution in [2.24, 2.45) is 0 Å². The molecule has 0 saturated carbocycles. The van der Waals surface area contributed by atoms with E-state index in [2.05, 4.69) is 4.72 Å². The molecule has 0 bridgehead atoms. The number of rotatable bonds is 6. The van der Waals surface area contributed by atoms with Gasteiger partial charge in [0.05, 0.1) is 12.7 Å². The van der Waals surface area contributed by atoms with Gasteiger partial charge in [0.2, 0.25) is 6.41 Å². The number of carbonyl (C=O) groups excluding carboxylic acids is 1. The molecule has 82 valence electrons. The molecule has 5 heteroatoms. The molecule has 1 aliphatic rings. The zero-order valence-electron chi connectivity index (χ0n) is 8.57. The molecule has 0 aromatic carbocycles. The molecule has 4 nitrogen and oxygen atoms in total. The summed E-state index contributed by atoms with van der Waals surface area (Å²) in [6.07, 6.45) is 5.29. The normalized spacial score (nSPS) is 22.4. The Morgan fingerprint density at radius 3 is 3.29 bits per heavy atom. The van der Waals surface area contributed by atoms with Crippen LogP contribution in [0.1, 0.15) is 12.8 Å². The van der Waals surface area contributed by atoms with Crippen LogP contribution in [-0.4, -0.2) is 49.9 Å². The van der Waals surface area contributed by atoms with Crippen molar-refractivity contribution in [2.75, 3.05) is 32.5 Å². The molecule has 1 heterocycles. The predicted octanol–water partition coefficient (Wildman–Crippen LogP) is 0.491. The van der Waals surface area contributed by atoms with Gasteiger partial charge in [0.25, 0.3) is 0 Å². The summed E-state index contributed by atoms with van der Waals surface area (Å²) in [6.45, 7) is 3.17. The van der Waals surface area contributed by atoms with Crippen LogP contribution in [-0.2, 0) is 9.53 Å². The second-order valence-electron chi connectivity index (χ2n) is 3.33. The van der Waals surface area contributed by atoms with E-state index in [0.29, 0.717) is 6.61 Å². The summed E-state index contributed by atoms with van der Waals surface area (Å²) in [5, 5.41) is 0. The predicted molar refractivity (Wildman–Crippen MR) is 58.1 cm³/mol. The van der Waals surface area contributed by atoms with E-state index in [1.54, 1.807) is 16.8 Å². The Morgan fingerprint density at radius 1 is 1.71 bits per heavy atom. The minimum absolute atomic E-state index is 0.234. The molecule has 0 aliphatic carbocycles. The fourth-order valence-corrected chi connectivity index (χ4v) is 1.86. The highest BCUT2D eigenvalue weighted by Crippen LogP contribution is 2.08. The lowest BCUT2D eigenvalue weighted by Crippen LogP contribution is -2.41. The molecule has 0 spiro atoms. The van der Waals surface area contributed by atoms with Crippen molar-refractivity contribution >= 4 is 18.4 Å². The second kappa shape index (κ2) is 7.09. The molecule has 1 saturated heterocycles. The molecule has 1 amide bonds. The molecule has 1 aliphatic heterocycles. The molecule has 0 aromatic heterocycles. The summed E-state index contributed by atoms with van der Waals surface area (Å²) in [4.78, 5) is 12.3.